The highest BCUT2D eigenvalue weighted by molar-refractivity contribution is 5.87. The maximum atomic E-state index is 11.1. The molecule has 0 saturated carbocycles. The molecule has 0 radical (unpaired) electrons. The number of methoxy groups -OCH3 is 2. The van der Waals surface area contributed by atoms with Gasteiger partial charge >= 0.3 is 5.97 Å². The van der Waals surface area contributed by atoms with Crippen molar-refractivity contribution in [3.05, 3.63) is 59.7 Å². The lowest BCUT2D eigenvalue weighted by Crippen LogP contribution is -1.96. The molecule has 0 heterocycles. The van der Waals surface area contributed by atoms with E-state index < -0.39 is 5.97 Å². The normalized spacial score (nSPS) is 10.5. The number of carbonyl (C=O) groups is 1. The lowest BCUT2D eigenvalue weighted by atomic mass is 10.2. The Morgan fingerprint density at radius 1 is 1.13 bits per heavy atom. The highest BCUT2D eigenvalue weighted by Gasteiger charge is 2.04. The molecule has 2 aromatic rings. The number of phenols is 1. The molecule has 1 N–H and O–H groups in total. The van der Waals surface area contributed by atoms with E-state index in [0.29, 0.717) is 12.4 Å². The van der Waals surface area contributed by atoms with E-state index >= 15 is 0 Å². The molecule has 23 heavy (non-hydrogen) atoms. The first-order valence-electron chi connectivity index (χ1n) is 6.97. The van der Waals surface area contributed by atoms with Crippen molar-refractivity contribution in [3.63, 3.8) is 0 Å². The van der Waals surface area contributed by atoms with E-state index in [-0.39, 0.29) is 5.75 Å². The zero-order valence-corrected chi connectivity index (χ0v) is 13.0. The maximum Gasteiger partial charge on any atom is 0.330 e. The van der Waals surface area contributed by atoms with Crippen LogP contribution < -0.4 is 9.47 Å². The van der Waals surface area contributed by atoms with Gasteiger partial charge in [-0.1, -0.05) is 18.2 Å². The Bertz CT molecular complexity index is 689. The number of aromatic hydroxyl groups is 1. The van der Waals surface area contributed by atoms with Crippen molar-refractivity contribution in [3.8, 4) is 17.2 Å². The SMILES string of the molecule is COC(=O)/C=C/c1ccc(O)c(OCc2ccc(OC)cc2)c1. The van der Waals surface area contributed by atoms with Gasteiger partial charge in [0.25, 0.3) is 0 Å². The van der Waals surface area contributed by atoms with Crippen LogP contribution in [0.2, 0.25) is 0 Å². The molecule has 0 amide bonds. The number of hydrogen-bond acceptors (Lipinski definition) is 5. The summed E-state index contributed by atoms with van der Waals surface area (Å²) in [6.45, 7) is 0.307. The quantitative estimate of drug-likeness (QED) is 0.655. The van der Waals surface area contributed by atoms with Crippen molar-refractivity contribution in [1.29, 1.82) is 0 Å². The van der Waals surface area contributed by atoms with Gasteiger partial charge in [-0.25, -0.2) is 4.79 Å². The summed E-state index contributed by atoms with van der Waals surface area (Å²) in [4.78, 5) is 11.1. The summed E-state index contributed by atoms with van der Waals surface area (Å²) >= 11 is 0. The predicted molar refractivity (Wildman–Crippen MR) is 86.5 cm³/mol. The van der Waals surface area contributed by atoms with E-state index in [1.54, 1.807) is 25.3 Å². The van der Waals surface area contributed by atoms with Crippen LogP contribution in [0.5, 0.6) is 17.2 Å². The summed E-state index contributed by atoms with van der Waals surface area (Å²) in [6, 6.07) is 12.3. The highest BCUT2D eigenvalue weighted by Crippen LogP contribution is 2.28. The Balaban J connectivity index is 2.06. The molecule has 0 saturated heterocycles. The summed E-state index contributed by atoms with van der Waals surface area (Å²) < 4.78 is 15.3. The van der Waals surface area contributed by atoms with Crippen LogP contribution in [-0.4, -0.2) is 25.3 Å². The monoisotopic (exact) mass is 314 g/mol. The molecule has 0 aliphatic rings. The first kappa shape index (κ1) is 16.4. The zero-order chi connectivity index (χ0) is 16.7. The molecular formula is C18H18O5. The van der Waals surface area contributed by atoms with E-state index in [2.05, 4.69) is 4.74 Å². The average molecular weight is 314 g/mol. The third kappa shape index (κ3) is 4.78. The minimum Gasteiger partial charge on any atom is -0.504 e. The van der Waals surface area contributed by atoms with Gasteiger partial charge in [-0.05, 0) is 41.5 Å². The van der Waals surface area contributed by atoms with E-state index in [1.165, 1.54) is 19.3 Å². The summed E-state index contributed by atoms with van der Waals surface area (Å²) in [5.41, 5.74) is 1.67. The Hall–Kier alpha value is -2.95. The van der Waals surface area contributed by atoms with Gasteiger partial charge in [0.2, 0.25) is 0 Å². The van der Waals surface area contributed by atoms with Crippen LogP contribution in [0.4, 0.5) is 0 Å². The number of ether oxygens (including phenoxy) is 3. The molecule has 0 atom stereocenters. The molecule has 5 nitrogen and oxygen atoms in total. The molecule has 2 aromatic carbocycles. The van der Waals surface area contributed by atoms with Crippen molar-refractivity contribution in [2.45, 2.75) is 6.61 Å². The van der Waals surface area contributed by atoms with Gasteiger partial charge in [-0.3, -0.25) is 0 Å². The maximum absolute atomic E-state index is 11.1. The van der Waals surface area contributed by atoms with Crippen LogP contribution in [0.1, 0.15) is 11.1 Å². The largest absolute Gasteiger partial charge is 0.504 e. The van der Waals surface area contributed by atoms with Crippen LogP contribution in [0.25, 0.3) is 6.08 Å². The fraction of sp³-hybridized carbons (Fsp3) is 0.167. The van der Waals surface area contributed by atoms with Gasteiger partial charge in [0, 0.05) is 6.08 Å². The number of hydrogen-bond donors (Lipinski definition) is 1. The Kier molecular flexibility index (Phi) is 5.63. The molecule has 0 aromatic heterocycles. The number of esters is 1. The fourth-order valence-electron chi connectivity index (χ4n) is 1.87. The smallest absolute Gasteiger partial charge is 0.330 e. The summed E-state index contributed by atoms with van der Waals surface area (Å²) in [5, 5.41) is 9.86. The second-order valence-corrected chi connectivity index (χ2v) is 4.72. The van der Waals surface area contributed by atoms with Crippen molar-refractivity contribution >= 4 is 12.0 Å². The number of phenolic OH excluding ortho intramolecular Hbond substituents is 1. The van der Waals surface area contributed by atoms with E-state index in [0.717, 1.165) is 16.9 Å². The van der Waals surface area contributed by atoms with Gasteiger partial charge < -0.3 is 19.3 Å². The minimum atomic E-state index is -0.446. The van der Waals surface area contributed by atoms with Crippen molar-refractivity contribution in [2.24, 2.45) is 0 Å². The van der Waals surface area contributed by atoms with E-state index in [1.807, 2.05) is 24.3 Å². The zero-order valence-electron chi connectivity index (χ0n) is 13.0. The van der Waals surface area contributed by atoms with Crippen molar-refractivity contribution < 1.29 is 24.1 Å². The van der Waals surface area contributed by atoms with Gasteiger partial charge in [-0.15, -0.1) is 0 Å². The van der Waals surface area contributed by atoms with Crippen LogP contribution in [-0.2, 0) is 16.1 Å². The molecule has 2 rings (SSSR count). The van der Waals surface area contributed by atoms with Crippen LogP contribution in [0.3, 0.4) is 0 Å². The summed E-state index contributed by atoms with van der Waals surface area (Å²) in [6.07, 6.45) is 2.89. The first-order chi connectivity index (χ1) is 11.1. The molecule has 0 aliphatic heterocycles. The fourth-order valence-corrected chi connectivity index (χ4v) is 1.87. The number of rotatable bonds is 6. The average Bonchev–Trinajstić information content (AvgIpc) is 2.60. The van der Waals surface area contributed by atoms with Gasteiger partial charge in [0.1, 0.15) is 12.4 Å². The molecule has 5 heteroatoms. The van der Waals surface area contributed by atoms with Gasteiger partial charge in [0.05, 0.1) is 14.2 Å². The van der Waals surface area contributed by atoms with E-state index in [4.69, 9.17) is 9.47 Å². The van der Waals surface area contributed by atoms with Crippen LogP contribution in [0, 0.1) is 0 Å². The molecule has 120 valence electrons. The molecule has 0 fully saturated rings. The van der Waals surface area contributed by atoms with Gasteiger partial charge in [-0.2, -0.15) is 0 Å². The third-order valence-corrected chi connectivity index (χ3v) is 3.15. The molecule has 0 spiro atoms. The standard InChI is InChI=1S/C18H18O5/c1-21-15-7-3-14(4-8-15)12-23-17-11-13(5-9-16(17)19)6-10-18(20)22-2/h3-11,19H,12H2,1-2H3/b10-6+. The van der Waals surface area contributed by atoms with Gasteiger partial charge in [0.15, 0.2) is 11.5 Å². The molecule has 0 unspecified atom stereocenters. The van der Waals surface area contributed by atoms with E-state index in [9.17, 15) is 9.90 Å². The summed E-state index contributed by atoms with van der Waals surface area (Å²) in [7, 11) is 2.92. The summed E-state index contributed by atoms with van der Waals surface area (Å²) in [5.74, 6) is 0.701. The lowest BCUT2D eigenvalue weighted by Gasteiger charge is -2.09. The third-order valence-electron chi connectivity index (χ3n) is 3.15. The topological polar surface area (TPSA) is 65.0 Å². The first-order valence-corrected chi connectivity index (χ1v) is 6.97. The van der Waals surface area contributed by atoms with Crippen LogP contribution >= 0.6 is 0 Å². The van der Waals surface area contributed by atoms with Crippen LogP contribution in [0.15, 0.2) is 48.5 Å². The van der Waals surface area contributed by atoms with Crippen molar-refractivity contribution in [2.75, 3.05) is 14.2 Å². The molecular weight excluding hydrogens is 296 g/mol. The molecule has 0 bridgehead atoms. The highest BCUT2D eigenvalue weighted by atomic mass is 16.5. The molecule has 0 aliphatic carbocycles. The Labute approximate surface area is 134 Å². The minimum absolute atomic E-state index is 0.0359. The lowest BCUT2D eigenvalue weighted by molar-refractivity contribution is -0.134. The Morgan fingerprint density at radius 3 is 2.52 bits per heavy atom. The number of carbonyl (C=O) groups excluding carboxylic acids is 1. The number of benzene rings is 2. The second kappa shape index (κ2) is 7.89. The predicted octanol–water partition coefficient (Wildman–Crippen LogP) is 3.17. The Morgan fingerprint density at radius 2 is 1.87 bits per heavy atom. The second-order valence-electron chi connectivity index (χ2n) is 4.72. The van der Waals surface area contributed by atoms with Crippen molar-refractivity contribution in [1.82, 2.24) is 0 Å².